The number of carbonyl (C=O) groups excluding carboxylic acids is 1. The molecule has 0 aromatic carbocycles. The molecule has 0 aliphatic carbocycles. The Hall–Kier alpha value is -1.39. The number of aromatic nitrogens is 2. The lowest BCUT2D eigenvalue weighted by atomic mass is 10.0. The van der Waals surface area contributed by atoms with Gasteiger partial charge in [0.15, 0.2) is 5.82 Å². The molecule has 1 aliphatic heterocycles. The van der Waals surface area contributed by atoms with E-state index in [1.165, 1.54) is 0 Å². The zero-order valence-electron chi connectivity index (χ0n) is 9.77. The van der Waals surface area contributed by atoms with Gasteiger partial charge in [-0.1, -0.05) is 12.1 Å². The van der Waals surface area contributed by atoms with Crippen molar-refractivity contribution in [2.24, 2.45) is 0 Å². The number of nitrogens with zero attached hydrogens (tertiary/aromatic N) is 3. The molecule has 2 rings (SSSR count). The SMILES string of the molecule is CCC(=O)N1CCCCC1c1noc(C)n1. The summed E-state index contributed by atoms with van der Waals surface area (Å²) in [5, 5.41) is 3.93. The lowest BCUT2D eigenvalue weighted by molar-refractivity contribution is -0.134. The van der Waals surface area contributed by atoms with Crippen molar-refractivity contribution in [2.75, 3.05) is 6.54 Å². The lowest BCUT2D eigenvalue weighted by Crippen LogP contribution is -2.38. The molecule has 0 radical (unpaired) electrons. The van der Waals surface area contributed by atoms with Gasteiger partial charge >= 0.3 is 0 Å². The Bertz CT molecular complexity index is 375. The van der Waals surface area contributed by atoms with Gasteiger partial charge in [0, 0.05) is 19.9 Å². The number of carbonyl (C=O) groups is 1. The third-order valence-electron chi connectivity index (χ3n) is 2.97. The molecule has 1 aromatic rings. The van der Waals surface area contributed by atoms with Crippen LogP contribution >= 0.6 is 0 Å². The molecule has 1 fully saturated rings. The normalized spacial score (nSPS) is 21.1. The van der Waals surface area contributed by atoms with E-state index in [4.69, 9.17) is 4.52 Å². The number of aryl methyl sites for hydroxylation is 1. The highest BCUT2D eigenvalue weighted by molar-refractivity contribution is 5.76. The molecule has 1 aromatic heterocycles. The highest BCUT2D eigenvalue weighted by atomic mass is 16.5. The summed E-state index contributed by atoms with van der Waals surface area (Å²) < 4.78 is 4.98. The number of likely N-dealkylation sites (tertiary alicyclic amines) is 1. The summed E-state index contributed by atoms with van der Waals surface area (Å²) in [7, 11) is 0. The van der Waals surface area contributed by atoms with Crippen LogP contribution in [-0.4, -0.2) is 27.5 Å². The van der Waals surface area contributed by atoms with E-state index in [0.29, 0.717) is 18.1 Å². The van der Waals surface area contributed by atoms with Crippen molar-refractivity contribution in [3.8, 4) is 0 Å². The maximum atomic E-state index is 11.8. The predicted octanol–water partition coefficient (Wildman–Crippen LogP) is 1.84. The molecule has 0 spiro atoms. The lowest BCUT2D eigenvalue weighted by Gasteiger charge is -2.33. The molecule has 2 heterocycles. The molecule has 1 unspecified atom stereocenters. The molecule has 1 atom stereocenters. The smallest absolute Gasteiger partial charge is 0.223 e. The van der Waals surface area contributed by atoms with E-state index in [1.54, 1.807) is 6.92 Å². The van der Waals surface area contributed by atoms with Gasteiger partial charge < -0.3 is 9.42 Å². The largest absolute Gasteiger partial charge is 0.340 e. The van der Waals surface area contributed by atoms with Crippen molar-refractivity contribution in [2.45, 2.75) is 45.6 Å². The van der Waals surface area contributed by atoms with E-state index in [-0.39, 0.29) is 11.9 Å². The molecule has 1 aliphatic rings. The van der Waals surface area contributed by atoms with E-state index in [1.807, 2.05) is 11.8 Å². The van der Waals surface area contributed by atoms with E-state index < -0.39 is 0 Å². The van der Waals surface area contributed by atoms with Crippen LogP contribution in [0, 0.1) is 6.92 Å². The Morgan fingerprint density at radius 3 is 3.00 bits per heavy atom. The number of rotatable bonds is 2. The molecule has 16 heavy (non-hydrogen) atoms. The van der Waals surface area contributed by atoms with Crippen LogP contribution in [0.4, 0.5) is 0 Å². The maximum absolute atomic E-state index is 11.8. The monoisotopic (exact) mass is 223 g/mol. The van der Waals surface area contributed by atoms with Crippen LogP contribution in [0.15, 0.2) is 4.52 Å². The fraction of sp³-hybridized carbons (Fsp3) is 0.727. The Balaban J connectivity index is 2.19. The van der Waals surface area contributed by atoms with Gasteiger partial charge in [0.2, 0.25) is 11.8 Å². The highest BCUT2D eigenvalue weighted by Gasteiger charge is 2.30. The molecule has 5 nitrogen and oxygen atoms in total. The third-order valence-corrected chi connectivity index (χ3v) is 2.97. The van der Waals surface area contributed by atoms with Crippen LogP contribution < -0.4 is 0 Å². The summed E-state index contributed by atoms with van der Waals surface area (Å²) in [6, 6.07) is 0.0126. The molecule has 88 valence electrons. The Morgan fingerprint density at radius 1 is 1.56 bits per heavy atom. The van der Waals surface area contributed by atoms with Gasteiger partial charge in [-0.05, 0) is 19.3 Å². The number of amides is 1. The standard InChI is InChI=1S/C11H17N3O2/c1-3-10(15)14-7-5-4-6-9(14)11-12-8(2)16-13-11/h9H,3-7H2,1-2H3. The number of hydrogen-bond acceptors (Lipinski definition) is 4. The summed E-state index contributed by atoms with van der Waals surface area (Å²) in [4.78, 5) is 17.9. The van der Waals surface area contributed by atoms with E-state index in [2.05, 4.69) is 10.1 Å². The topological polar surface area (TPSA) is 59.2 Å². The second-order valence-corrected chi connectivity index (χ2v) is 4.12. The van der Waals surface area contributed by atoms with Crippen LogP contribution in [0.1, 0.15) is 50.4 Å². The van der Waals surface area contributed by atoms with Crippen molar-refractivity contribution in [3.63, 3.8) is 0 Å². The minimum atomic E-state index is 0.0126. The average Bonchev–Trinajstić information content (AvgIpc) is 2.75. The molecule has 5 heteroatoms. The minimum Gasteiger partial charge on any atom is -0.340 e. The van der Waals surface area contributed by atoms with E-state index >= 15 is 0 Å². The molecule has 0 bridgehead atoms. The maximum Gasteiger partial charge on any atom is 0.223 e. The second kappa shape index (κ2) is 4.63. The Labute approximate surface area is 94.8 Å². The second-order valence-electron chi connectivity index (χ2n) is 4.12. The predicted molar refractivity (Wildman–Crippen MR) is 57.6 cm³/mol. The summed E-state index contributed by atoms with van der Waals surface area (Å²) in [6.07, 6.45) is 3.66. The van der Waals surface area contributed by atoms with E-state index in [0.717, 1.165) is 25.8 Å². The van der Waals surface area contributed by atoms with Crippen LogP contribution in [0.25, 0.3) is 0 Å². The van der Waals surface area contributed by atoms with Gasteiger partial charge in [-0.15, -0.1) is 0 Å². The van der Waals surface area contributed by atoms with Gasteiger partial charge in [-0.3, -0.25) is 4.79 Å². The van der Waals surface area contributed by atoms with Crippen LogP contribution in [-0.2, 0) is 4.79 Å². The van der Waals surface area contributed by atoms with Crippen LogP contribution in [0.2, 0.25) is 0 Å². The van der Waals surface area contributed by atoms with Gasteiger partial charge in [-0.25, -0.2) is 0 Å². The third kappa shape index (κ3) is 2.08. The highest BCUT2D eigenvalue weighted by Crippen LogP contribution is 2.29. The van der Waals surface area contributed by atoms with Crippen LogP contribution in [0.3, 0.4) is 0 Å². The van der Waals surface area contributed by atoms with Gasteiger partial charge in [-0.2, -0.15) is 4.98 Å². The summed E-state index contributed by atoms with van der Waals surface area (Å²) in [5.41, 5.74) is 0. The molecular formula is C11H17N3O2. The van der Waals surface area contributed by atoms with Crippen molar-refractivity contribution < 1.29 is 9.32 Å². The van der Waals surface area contributed by atoms with Gasteiger partial charge in [0.05, 0.1) is 6.04 Å². The minimum absolute atomic E-state index is 0.0126. The van der Waals surface area contributed by atoms with Crippen molar-refractivity contribution >= 4 is 5.91 Å². The van der Waals surface area contributed by atoms with E-state index in [9.17, 15) is 4.79 Å². The van der Waals surface area contributed by atoms with Crippen molar-refractivity contribution in [3.05, 3.63) is 11.7 Å². The van der Waals surface area contributed by atoms with Crippen molar-refractivity contribution in [1.82, 2.24) is 15.0 Å². The van der Waals surface area contributed by atoms with Gasteiger partial charge in [0.25, 0.3) is 0 Å². The van der Waals surface area contributed by atoms with Crippen molar-refractivity contribution in [1.29, 1.82) is 0 Å². The number of piperidine rings is 1. The summed E-state index contributed by atoms with van der Waals surface area (Å²) in [6.45, 7) is 4.46. The molecule has 0 N–H and O–H groups in total. The quantitative estimate of drug-likeness (QED) is 0.767. The first kappa shape index (κ1) is 11.1. The summed E-state index contributed by atoms with van der Waals surface area (Å²) in [5.74, 6) is 1.38. The van der Waals surface area contributed by atoms with Crippen LogP contribution in [0.5, 0.6) is 0 Å². The number of hydrogen-bond donors (Lipinski definition) is 0. The first-order valence-electron chi connectivity index (χ1n) is 5.82. The first-order chi connectivity index (χ1) is 7.72. The average molecular weight is 223 g/mol. The Morgan fingerprint density at radius 2 is 2.38 bits per heavy atom. The molecule has 1 saturated heterocycles. The summed E-state index contributed by atoms with van der Waals surface area (Å²) >= 11 is 0. The van der Waals surface area contributed by atoms with Gasteiger partial charge in [0.1, 0.15) is 0 Å². The fourth-order valence-corrected chi connectivity index (χ4v) is 2.15. The molecule has 1 amide bonds. The zero-order chi connectivity index (χ0) is 11.5. The molecular weight excluding hydrogens is 206 g/mol. The zero-order valence-corrected chi connectivity index (χ0v) is 9.77. The Kier molecular flexibility index (Phi) is 3.22. The first-order valence-corrected chi connectivity index (χ1v) is 5.82. The fourth-order valence-electron chi connectivity index (χ4n) is 2.15. The molecule has 0 saturated carbocycles.